The van der Waals surface area contributed by atoms with Crippen molar-refractivity contribution in [2.24, 2.45) is 5.41 Å². The average Bonchev–Trinajstić information content (AvgIpc) is 3.07. The molecule has 2 saturated heterocycles. The number of carbonyl (C=O) groups is 1. The summed E-state index contributed by atoms with van der Waals surface area (Å²) < 4.78 is 0. The SMILES string of the molecule is O=C(c1ccccn1)N1CCC2(CC1)CCN(c1ncccn1)C2. The van der Waals surface area contributed by atoms with Crippen LogP contribution in [0.1, 0.15) is 29.8 Å². The zero-order valence-electron chi connectivity index (χ0n) is 13.6. The molecule has 2 aliphatic rings. The smallest absolute Gasteiger partial charge is 0.272 e. The van der Waals surface area contributed by atoms with Gasteiger partial charge in [0.05, 0.1) is 0 Å². The molecule has 4 rings (SSSR count). The maximum Gasteiger partial charge on any atom is 0.272 e. The van der Waals surface area contributed by atoms with Crippen LogP contribution in [0.3, 0.4) is 0 Å². The van der Waals surface area contributed by atoms with E-state index in [9.17, 15) is 4.79 Å². The van der Waals surface area contributed by atoms with Crippen LogP contribution < -0.4 is 4.90 Å². The molecular formula is C18H21N5O. The van der Waals surface area contributed by atoms with Gasteiger partial charge in [-0.2, -0.15) is 0 Å². The Hall–Kier alpha value is -2.50. The Labute approximate surface area is 141 Å². The van der Waals surface area contributed by atoms with E-state index < -0.39 is 0 Å². The molecule has 0 aromatic carbocycles. The lowest BCUT2D eigenvalue weighted by Gasteiger charge is -2.39. The van der Waals surface area contributed by atoms with Crippen molar-refractivity contribution in [2.45, 2.75) is 19.3 Å². The summed E-state index contributed by atoms with van der Waals surface area (Å²) in [5.74, 6) is 0.869. The quantitative estimate of drug-likeness (QED) is 0.846. The van der Waals surface area contributed by atoms with Gasteiger partial charge in [0, 0.05) is 44.8 Å². The van der Waals surface area contributed by atoms with E-state index in [1.807, 2.05) is 23.1 Å². The van der Waals surface area contributed by atoms with Crippen LogP contribution in [0.2, 0.25) is 0 Å². The number of aromatic nitrogens is 3. The molecule has 0 radical (unpaired) electrons. The van der Waals surface area contributed by atoms with Crippen molar-refractivity contribution >= 4 is 11.9 Å². The highest BCUT2D eigenvalue weighted by Crippen LogP contribution is 2.41. The van der Waals surface area contributed by atoms with Gasteiger partial charge in [0.1, 0.15) is 5.69 Å². The van der Waals surface area contributed by atoms with Crippen LogP contribution in [0, 0.1) is 5.41 Å². The lowest BCUT2D eigenvalue weighted by Crippen LogP contribution is -2.44. The number of anilines is 1. The minimum Gasteiger partial charge on any atom is -0.340 e. The highest BCUT2D eigenvalue weighted by atomic mass is 16.2. The molecule has 0 aliphatic carbocycles. The van der Waals surface area contributed by atoms with Gasteiger partial charge in [-0.1, -0.05) is 6.07 Å². The minimum absolute atomic E-state index is 0.0479. The Morgan fingerprint density at radius 2 is 1.62 bits per heavy atom. The lowest BCUT2D eigenvalue weighted by molar-refractivity contribution is 0.0604. The van der Waals surface area contributed by atoms with E-state index in [2.05, 4.69) is 19.9 Å². The minimum atomic E-state index is 0.0479. The molecule has 1 spiro atoms. The van der Waals surface area contributed by atoms with Crippen molar-refractivity contribution in [1.29, 1.82) is 0 Å². The molecular weight excluding hydrogens is 302 g/mol. The van der Waals surface area contributed by atoms with Gasteiger partial charge in [-0.3, -0.25) is 9.78 Å². The number of amides is 1. The van der Waals surface area contributed by atoms with Crippen LogP contribution in [0.25, 0.3) is 0 Å². The van der Waals surface area contributed by atoms with Crippen LogP contribution in [-0.2, 0) is 0 Å². The molecule has 0 unspecified atom stereocenters. The number of nitrogens with zero attached hydrogens (tertiary/aromatic N) is 5. The predicted molar refractivity (Wildman–Crippen MR) is 90.7 cm³/mol. The van der Waals surface area contributed by atoms with E-state index in [4.69, 9.17) is 0 Å². The first kappa shape index (κ1) is 15.1. The summed E-state index contributed by atoms with van der Waals surface area (Å²) in [4.78, 5) is 29.6. The Morgan fingerprint density at radius 3 is 2.33 bits per heavy atom. The second-order valence-electron chi connectivity index (χ2n) is 6.73. The highest BCUT2D eigenvalue weighted by molar-refractivity contribution is 5.92. The molecule has 2 aromatic rings. The first-order valence-corrected chi connectivity index (χ1v) is 8.48. The Balaban J connectivity index is 1.39. The summed E-state index contributed by atoms with van der Waals surface area (Å²) in [5.41, 5.74) is 0.833. The van der Waals surface area contributed by atoms with Crippen LogP contribution in [0.4, 0.5) is 5.95 Å². The third kappa shape index (κ3) is 2.84. The molecule has 0 saturated carbocycles. The molecule has 2 fully saturated rings. The Morgan fingerprint density at radius 1 is 0.917 bits per heavy atom. The number of pyridine rings is 1. The van der Waals surface area contributed by atoms with Gasteiger partial charge in [0.2, 0.25) is 5.95 Å². The first-order chi connectivity index (χ1) is 11.8. The number of rotatable bonds is 2. The highest BCUT2D eigenvalue weighted by Gasteiger charge is 2.42. The van der Waals surface area contributed by atoms with E-state index in [1.165, 1.54) is 0 Å². The predicted octanol–water partition coefficient (Wildman–Crippen LogP) is 2.00. The van der Waals surface area contributed by atoms with Crippen LogP contribution in [0.5, 0.6) is 0 Å². The molecule has 124 valence electrons. The van der Waals surface area contributed by atoms with Gasteiger partial charge in [-0.15, -0.1) is 0 Å². The number of hydrogen-bond donors (Lipinski definition) is 0. The molecule has 24 heavy (non-hydrogen) atoms. The van der Waals surface area contributed by atoms with E-state index in [1.54, 1.807) is 24.7 Å². The maximum absolute atomic E-state index is 12.5. The van der Waals surface area contributed by atoms with Crippen LogP contribution >= 0.6 is 0 Å². The summed E-state index contributed by atoms with van der Waals surface area (Å²) in [6.45, 7) is 3.60. The van der Waals surface area contributed by atoms with Crippen LogP contribution in [0.15, 0.2) is 42.9 Å². The number of likely N-dealkylation sites (tertiary alicyclic amines) is 1. The van der Waals surface area contributed by atoms with Crippen LogP contribution in [-0.4, -0.2) is 51.9 Å². The van der Waals surface area contributed by atoms with E-state index in [0.717, 1.165) is 51.4 Å². The number of carbonyl (C=O) groups excluding carboxylic acids is 1. The van der Waals surface area contributed by atoms with Gasteiger partial charge in [-0.25, -0.2) is 9.97 Å². The van der Waals surface area contributed by atoms with E-state index >= 15 is 0 Å². The monoisotopic (exact) mass is 323 g/mol. The van der Waals surface area contributed by atoms with Crippen molar-refractivity contribution in [3.05, 3.63) is 48.5 Å². The standard InChI is InChI=1S/C18H21N5O/c24-16(15-4-1-2-8-19-15)22-11-5-18(6-12-22)7-13-23(14-18)17-20-9-3-10-21-17/h1-4,8-10H,5-7,11-14H2. The summed E-state index contributed by atoms with van der Waals surface area (Å²) in [6.07, 6.45) is 8.48. The summed E-state index contributed by atoms with van der Waals surface area (Å²) >= 11 is 0. The largest absolute Gasteiger partial charge is 0.340 e. The van der Waals surface area contributed by atoms with Gasteiger partial charge >= 0.3 is 0 Å². The number of piperidine rings is 1. The summed E-state index contributed by atoms with van der Waals surface area (Å²) in [5, 5.41) is 0. The van der Waals surface area contributed by atoms with Crippen molar-refractivity contribution in [3.8, 4) is 0 Å². The topological polar surface area (TPSA) is 62.2 Å². The van der Waals surface area contributed by atoms with Crippen molar-refractivity contribution in [1.82, 2.24) is 19.9 Å². The Kier molecular flexibility index (Phi) is 3.88. The molecule has 0 bridgehead atoms. The fourth-order valence-electron chi connectivity index (χ4n) is 3.80. The fourth-order valence-corrected chi connectivity index (χ4v) is 3.80. The number of hydrogen-bond acceptors (Lipinski definition) is 5. The normalized spacial score (nSPS) is 19.7. The summed E-state index contributed by atoms with van der Waals surface area (Å²) in [7, 11) is 0. The third-order valence-electron chi connectivity index (χ3n) is 5.27. The molecule has 4 heterocycles. The third-order valence-corrected chi connectivity index (χ3v) is 5.27. The molecule has 2 aliphatic heterocycles. The van der Waals surface area contributed by atoms with Crippen molar-refractivity contribution in [2.75, 3.05) is 31.1 Å². The molecule has 6 nitrogen and oxygen atoms in total. The summed E-state index contributed by atoms with van der Waals surface area (Å²) in [6, 6.07) is 7.33. The van der Waals surface area contributed by atoms with E-state index in [0.29, 0.717) is 11.1 Å². The zero-order valence-corrected chi connectivity index (χ0v) is 13.6. The van der Waals surface area contributed by atoms with Gasteiger partial charge < -0.3 is 9.80 Å². The first-order valence-electron chi connectivity index (χ1n) is 8.48. The second-order valence-corrected chi connectivity index (χ2v) is 6.73. The average molecular weight is 323 g/mol. The molecule has 2 aromatic heterocycles. The lowest BCUT2D eigenvalue weighted by atomic mass is 9.77. The molecule has 0 atom stereocenters. The Bertz CT molecular complexity index is 698. The molecule has 1 amide bonds. The van der Waals surface area contributed by atoms with Gasteiger partial charge in [-0.05, 0) is 42.9 Å². The van der Waals surface area contributed by atoms with Gasteiger partial charge in [0.25, 0.3) is 5.91 Å². The van der Waals surface area contributed by atoms with E-state index in [-0.39, 0.29) is 5.91 Å². The van der Waals surface area contributed by atoms with Crippen molar-refractivity contribution in [3.63, 3.8) is 0 Å². The fraction of sp³-hybridized carbons (Fsp3) is 0.444. The molecule has 6 heteroatoms. The zero-order chi connectivity index (χ0) is 16.4. The molecule has 0 N–H and O–H groups in total. The second kappa shape index (κ2) is 6.19. The van der Waals surface area contributed by atoms with Gasteiger partial charge in [0.15, 0.2) is 0 Å². The van der Waals surface area contributed by atoms with Crippen molar-refractivity contribution < 1.29 is 4.79 Å². The maximum atomic E-state index is 12.5.